The molecular weight excluding hydrogens is 358 g/mol. The molecule has 1 aliphatic heterocycles. The second-order valence-electron chi connectivity index (χ2n) is 9.17. The molecule has 3 heteroatoms. The van der Waals surface area contributed by atoms with Crippen molar-refractivity contribution in [2.24, 2.45) is 0 Å². The minimum Gasteiger partial charge on any atom is -0.438 e. The van der Waals surface area contributed by atoms with E-state index in [1.54, 1.807) is 0 Å². The Morgan fingerprint density at radius 2 is 1.55 bits per heavy atom. The molecule has 2 atom stereocenters. The first-order chi connectivity index (χ1) is 13.7. The normalized spacial score (nSPS) is 24.3. The topological polar surface area (TPSA) is 50.1 Å². The summed E-state index contributed by atoms with van der Waals surface area (Å²) in [5, 5.41) is 12.4. The highest BCUT2D eigenvalue weighted by molar-refractivity contribution is 5.84. The molecule has 1 aliphatic rings. The second kappa shape index (κ2) is 6.46. The molecule has 4 rings (SSSR count). The molecule has 1 unspecified atom stereocenters. The fraction of sp³-hybridized carbons (Fsp3) is 0.308. The summed E-state index contributed by atoms with van der Waals surface area (Å²) in [5.74, 6) is -0.345. The number of benzene rings is 3. The number of carbonyl (C=O) groups excluding carboxylic acids is 1. The largest absolute Gasteiger partial charge is 0.438 e. The summed E-state index contributed by atoms with van der Waals surface area (Å²) in [7, 11) is 0. The summed E-state index contributed by atoms with van der Waals surface area (Å²) in [5.41, 5.74) is 0.752. The first-order valence-electron chi connectivity index (χ1n) is 9.93. The Morgan fingerprint density at radius 3 is 2.17 bits per heavy atom. The number of hydrogen-bond donors (Lipinski definition) is 0. The molecule has 0 radical (unpaired) electrons. The molecule has 3 aromatic carbocycles. The number of rotatable bonds is 2. The summed E-state index contributed by atoms with van der Waals surface area (Å²) in [6.07, 6.45) is 0.169. The van der Waals surface area contributed by atoms with Gasteiger partial charge in [-0.05, 0) is 40.3 Å². The molecule has 0 amide bonds. The van der Waals surface area contributed by atoms with Crippen LogP contribution in [0.4, 0.5) is 0 Å². The van der Waals surface area contributed by atoms with Gasteiger partial charge in [-0.15, -0.1) is 0 Å². The molecule has 0 saturated carbocycles. The Kier molecular flexibility index (Phi) is 4.28. The zero-order chi connectivity index (χ0) is 20.9. The van der Waals surface area contributed by atoms with Crippen molar-refractivity contribution in [2.45, 2.75) is 50.5 Å². The maximum atomic E-state index is 12.5. The molecule has 29 heavy (non-hydrogen) atoms. The van der Waals surface area contributed by atoms with Crippen molar-refractivity contribution in [1.82, 2.24) is 0 Å². The maximum Gasteiger partial charge on any atom is 0.308 e. The first-order valence-corrected chi connectivity index (χ1v) is 9.93. The van der Waals surface area contributed by atoms with Crippen LogP contribution in [0.3, 0.4) is 0 Å². The fourth-order valence-electron chi connectivity index (χ4n) is 4.37. The zero-order valence-electron chi connectivity index (χ0n) is 17.3. The van der Waals surface area contributed by atoms with Gasteiger partial charge in [-0.2, -0.15) is 5.26 Å². The van der Waals surface area contributed by atoms with Crippen molar-refractivity contribution in [3.63, 3.8) is 0 Å². The Bertz CT molecular complexity index is 1130. The molecule has 0 bridgehead atoms. The van der Waals surface area contributed by atoms with E-state index in [-0.39, 0.29) is 17.8 Å². The predicted molar refractivity (Wildman–Crippen MR) is 114 cm³/mol. The van der Waals surface area contributed by atoms with E-state index in [0.29, 0.717) is 5.56 Å². The molecule has 0 aliphatic carbocycles. The Balaban J connectivity index is 1.88. The number of fused-ring (bicyclic) bond motifs is 1. The third-order valence-corrected chi connectivity index (χ3v) is 6.24. The highest BCUT2D eigenvalue weighted by Crippen LogP contribution is 2.52. The molecule has 0 aromatic heterocycles. The molecule has 3 aromatic rings. The van der Waals surface area contributed by atoms with E-state index in [4.69, 9.17) is 4.74 Å². The lowest BCUT2D eigenvalue weighted by atomic mass is 9.65. The van der Waals surface area contributed by atoms with Gasteiger partial charge >= 0.3 is 5.97 Å². The molecule has 146 valence electrons. The van der Waals surface area contributed by atoms with Crippen molar-refractivity contribution in [2.75, 3.05) is 0 Å². The van der Waals surface area contributed by atoms with Gasteiger partial charge in [0.2, 0.25) is 5.60 Å². The summed E-state index contributed by atoms with van der Waals surface area (Å²) in [6.45, 7) is 8.46. The van der Waals surface area contributed by atoms with E-state index >= 15 is 0 Å². The lowest BCUT2D eigenvalue weighted by Gasteiger charge is -2.37. The Labute approximate surface area is 171 Å². The van der Waals surface area contributed by atoms with Crippen molar-refractivity contribution in [1.29, 1.82) is 5.26 Å². The Morgan fingerprint density at radius 1 is 0.931 bits per heavy atom. The van der Waals surface area contributed by atoms with Crippen molar-refractivity contribution in [3.05, 3.63) is 83.4 Å². The highest BCUT2D eigenvalue weighted by atomic mass is 16.6. The van der Waals surface area contributed by atoms with Crippen LogP contribution in [-0.2, 0) is 26.0 Å². The van der Waals surface area contributed by atoms with Gasteiger partial charge in [0.25, 0.3) is 0 Å². The van der Waals surface area contributed by atoms with Gasteiger partial charge in [0.1, 0.15) is 6.07 Å². The zero-order valence-corrected chi connectivity index (χ0v) is 17.3. The highest BCUT2D eigenvalue weighted by Gasteiger charge is 2.60. The van der Waals surface area contributed by atoms with Crippen LogP contribution in [0.15, 0.2) is 66.7 Å². The predicted octanol–water partition coefficient (Wildman–Crippen LogP) is 5.76. The van der Waals surface area contributed by atoms with E-state index in [9.17, 15) is 10.1 Å². The molecule has 3 nitrogen and oxygen atoms in total. The van der Waals surface area contributed by atoms with Gasteiger partial charge in [-0.25, -0.2) is 0 Å². The number of nitriles is 1. The van der Waals surface area contributed by atoms with Crippen LogP contribution in [0.2, 0.25) is 0 Å². The van der Waals surface area contributed by atoms with Crippen LogP contribution in [0.1, 0.15) is 50.8 Å². The van der Waals surface area contributed by atoms with E-state index in [2.05, 4.69) is 39.0 Å². The maximum absolute atomic E-state index is 12.5. The van der Waals surface area contributed by atoms with Gasteiger partial charge in [0.15, 0.2) is 0 Å². The van der Waals surface area contributed by atoms with Gasteiger partial charge in [0, 0.05) is 5.56 Å². The quantitative estimate of drug-likeness (QED) is 0.529. The molecule has 0 spiro atoms. The molecule has 1 fully saturated rings. The number of carbonyl (C=O) groups is 1. The first kappa shape index (κ1) is 19.2. The van der Waals surface area contributed by atoms with E-state index < -0.39 is 11.0 Å². The number of esters is 1. The second-order valence-corrected chi connectivity index (χ2v) is 9.17. The molecule has 1 saturated heterocycles. The van der Waals surface area contributed by atoms with E-state index in [0.717, 1.165) is 16.3 Å². The van der Waals surface area contributed by atoms with Crippen molar-refractivity contribution in [3.8, 4) is 6.07 Å². The van der Waals surface area contributed by atoms with Crippen LogP contribution in [0, 0.1) is 11.3 Å². The summed E-state index contributed by atoms with van der Waals surface area (Å²) < 4.78 is 5.80. The third-order valence-electron chi connectivity index (χ3n) is 6.24. The van der Waals surface area contributed by atoms with Gasteiger partial charge in [0.05, 0.1) is 11.8 Å². The van der Waals surface area contributed by atoms with Crippen LogP contribution in [0.5, 0.6) is 0 Å². The van der Waals surface area contributed by atoms with Crippen molar-refractivity contribution >= 4 is 16.7 Å². The fourth-order valence-corrected chi connectivity index (χ4v) is 4.37. The lowest BCUT2D eigenvalue weighted by molar-refractivity contribution is -0.146. The standard InChI is InChI=1S/C26H25NO2/c1-24(2,3)20-11-13-21(14-12-20)25(4)16-23(28)29-26(25,17-27)22-10-9-18-7-5-6-8-19(18)15-22/h5-15H,16H2,1-4H3/t25?,26-/m0/s1. The lowest BCUT2D eigenvalue weighted by Crippen LogP contribution is -2.43. The van der Waals surface area contributed by atoms with Crippen LogP contribution in [-0.4, -0.2) is 5.97 Å². The number of hydrogen-bond acceptors (Lipinski definition) is 3. The van der Waals surface area contributed by atoms with Crippen LogP contribution < -0.4 is 0 Å². The third kappa shape index (κ3) is 2.91. The van der Waals surface area contributed by atoms with E-state index in [1.807, 2.05) is 61.5 Å². The number of nitrogens with zero attached hydrogens (tertiary/aromatic N) is 1. The number of cyclic esters (lactones) is 1. The van der Waals surface area contributed by atoms with Gasteiger partial charge in [-0.1, -0.05) is 81.4 Å². The Hall–Kier alpha value is -3.12. The molecular formula is C26H25NO2. The van der Waals surface area contributed by atoms with Gasteiger partial charge in [-0.3, -0.25) is 4.79 Å². The average Bonchev–Trinajstić information content (AvgIpc) is 2.98. The van der Waals surface area contributed by atoms with Crippen LogP contribution >= 0.6 is 0 Å². The molecule has 1 heterocycles. The molecule has 0 N–H and O–H groups in total. The number of ether oxygens (including phenoxy) is 1. The smallest absolute Gasteiger partial charge is 0.308 e. The minimum atomic E-state index is -1.36. The summed E-state index contributed by atoms with van der Waals surface area (Å²) in [6, 6.07) is 24.5. The summed E-state index contributed by atoms with van der Waals surface area (Å²) >= 11 is 0. The minimum absolute atomic E-state index is 0.0338. The van der Waals surface area contributed by atoms with Crippen LogP contribution in [0.25, 0.3) is 10.8 Å². The van der Waals surface area contributed by atoms with E-state index in [1.165, 1.54) is 5.56 Å². The SMILES string of the molecule is CC(C)(C)c1ccc(C2(C)CC(=O)O[C@@]2(C#N)c2ccc3ccccc3c2)cc1. The van der Waals surface area contributed by atoms with Gasteiger partial charge < -0.3 is 4.74 Å². The monoisotopic (exact) mass is 383 g/mol. The average molecular weight is 383 g/mol. The summed E-state index contributed by atoms with van der Waals surface area (Å²) in [4.78, 5) is 12.5. The van der Waals surface area contributed by atoms with Crippen molar-refractivity contribution < 1.29 is 9.53 Å².